The first-order valence-corrected chi connectivity index (χ1v) is 22.2. The Hall–Kier alpha value is -7.01. The van der Waals surface area contributed by atoms with Gasteiger partial charge in [-0.05, 0) is 59.4 Å². The molecule has 1 fully saturated rings. The van der Waals surface area contributed by atoms with Gasteiger partial charge in [-0.3, -0.25) is 19.2 Å². The number of nitrogens with zero attached hydrogens (tertiary/aromatic N) is 1. The molecule has 0 unspecified atom stereocenters. The summed E-state index contributed by atoms with van der Waals surface area (Å²) in [7, 11) is 0. The van der Waals surface area contributed by atoms with E-state index in [1.165, 1.54) is 6.08 Å². The van der Waals surface area contributed by atoms with E-state index < -0.39 is 41.6 Å². The van der Waals surface area contributed by atoms with Crippen LogP contribution in [-0.4, -0.2) is 65.8 Å². The third-order valence-electron chi connectivity index (χ3n) is 11.3. The minimum atomic E-state index is -1.08. The molecule has 0 bridgehead atoms. The van der Waals surface area contributed by atoms with Gasteiger partial charge < -0.3 is 30.9 Å². The molecule has 5 aromatic carbocycles. The summed E-state index contributed by atoms with van der Waals surface area (Å²) < 4.78 is 5.45. The fraction of sp³-hybridized carbons (Fsp3) is 0.302. The van der Waals surface area contributed by atoms with Crippen LogP contribution in [0.3, 0.4) is 0 Å². The van der Waals surface area contributed by atoms with Crippen molar-refractivity contribution in [3.63, 3.8) is 0 Å². The number of alkyl carbamates (subject to hydrolysis) is 1. The number of carbonyl (C=O) groups is 5. The summed E-state index contributed by atoms with van der Waals surface area (Å²) in [6.07, 6.45) is 4.76. The number of carbonyl (C=O) groups excluding carboxylic acids is 5. The first kappa shape index (κ1) is 46.5. The highest BCUT2D eigenvalue weighted by Gasteiger charge is 2.38. The van der Waals surface area contributed by atoms with Gasteiger partial charge in [-0.1, -0.05) is 172 Å². The van der Waals surface area contributed by atoms with Crippen molar-refractivity contribution >= 4 is 29.7 Å². The minimum absolute atomic E-state index is 0.0113. The second-order valence-electron chi connectivity index (χ2n) is 16.6. The highest BCUT2D eigenvalue weighted by molar-refractivity contribution is 5.92. The summed E-state index contributed by atoms with van der Waals surface area (Å²) in [6.45, 7) is 5.21. The Morgan fingerprint density at radius 1 is 0.625 bits per heavy atom. The number of hydrogen-bond acceptors (Lipinski definition) is 6. The highest BCUT2D eigenvalue weighted by Crippen LogP contribution is 2.37. The molecule has 64 heavy (non-hydrogen) atoms. The molecule has 3 atom stereocenters. The van der Waals surface area contributed by atoms with Gasteiger partial charge in [0.05, 0.1) is 0 Å². The van der Waals surface area contributed by atoms with E-state index in [2.05, 4.69) is 21.3 Å². The van der Waals surface area contributed by atoms with Gasteiger partial charge in [0.15, 0.2) is 0 Å². The molecular formula is C53H59N5O6. The average Bonchev–Trinajstić information content (AvgIpc) is 3.87. The van der Waals surface area contributed by atoms with Gasteiger partial charge in [-0.15, -0.1) is 0 Å². The molecular weight excluding hydrogens is 803 g/mol. The zero-order chi connectivity index (χ0) is 45.2. The molecule has 1 heterocycles. The van der Waals surface area contributed by atoms with E-state index in [4.69, 9.17) is 4.74 Å². The molecule has 0 aromatic heterocycles. The molecule has 5 aromatic rings. The van der Waals surface area contributed by atoms with Crippen molar-refractivity contribution in [1.29, 1.82) is 0 Å². The molecule has 5 amide bonds. The first-order chi connectivity index (χ1) is 31.1. The SMILES string of the molecule is CC(C)C[C@H](NC(=O)OCc1ccccc1)C(=O)N[C@@H](Cc1ccccc1)C(=O)N[C@H](/C=C/C(=O)N1CCCC1)CCC(=O)NC(c1ccccc1)(c1ccccc1)c1ccccc1. The lowest BCUT2D eigenvalue weighted by Crippen LogP contribution is -2.55. The zero-order valence-corrected chi connectivity index (χ0v) is 36.7. The number of ether oxygens (including phenoxy) is 1. The Labute approximate surface area is 376 Å². The monoisotopic (exact) mass is 861 g/mol. The maximum absolute atomic E-state index is 14.5. The number of nitrogens with one attached hydrogen (secondary N) is 4. The molecule has 1 aliphatic rings. The molecule has 6 rings (SSSR count). The van der Waals surface area contributed by atoms with Crippen LogP contribution in [0.1, 0.15) is 73.8 Å². The predicted octanol–water partition coefficient (Wildman–Crippen LogP) is 7.61. The number of hydrogen-bond donors (Lipinski definition) is 4. The quantitative estimate of drug-likeness (QED) is 0.0469. The number of benzene rings is 5. The maximum Gasteiger partial charge on any atom is 0.408 e. The lowest BCUT2D eigenvalue weighted by atomic mass is 9.77. The van der Waals surface area contributed by atoms with E-state index in [-0.39, 0.29) is 43.6 Å². The number of rotatable bonds is 20. The summed E-state index contributed by atoms with van der Waals surface area (Å²) in [6, 6.07) is 45.1. The van der Waals surface area contributed by atoms with Crippen LogP contribution in [0, 0.1) is 5.92 Å². The second kappa shape index (κ2) is 23.4. The van der Waals surface area contributed by atoms with Crippen molar-refractivity contribution in [3.8, 4) is 0 Å². The van der Waals surface area contributed by atoms with E-state index in [0.29, 0.717) is 19.5 Å². The average molecular weight is 862 g/mol. The molecule has 0 radical (unpaired) electrons. The highest BCUT2D eigenvalue weighted by atomic mass is 16.5. The van der Waals surface area contributed by atoms with Crippen molar-refractivity contribution in [2.24, 2.45) is 5.92 Å². The number of likely N-dealkylation sites (tertiary alicyclic amines) is 1. The lowest BCUT2D eigenvalue weighted by molar-refractivity contribution is -0.130. The Bertz CT molecular complexity index is 2190. The summed E-state index contributed by atoms with van der Waals surface area (Å²) in [4.78, 5) is 71.0. The normalized spacial score (nSPS) is 14.0. The largest absolute Gasteiger partial charge is 0.445 e. The molecule has 1 aliphatic heterocycles. The molecule has 0 aliphatic carbocycles. The van der Waals surface area contributed by atoms with Crippen molar-refractivity contribution in [2.75, 3.05) is 13.1 Å². The van der Waals surface area contributed by atoms with Crippen LogP contribution in [0.15, 0.2) is 164 Å². The van der Waals surface area contributed by atoms with E-state index in [0.717, 1.165) is 40.7 Å². The standard InChI is InChI=1S/C53H59N5O6/c1-39(2)36-46(56-52(63)64-38-41-22-10-4-11-23-41)51(62)55-47(37-40-20-8-3-9-21-40)50(61)54-45(31-33-49(60)58-34-18-19-35-58)30-32-48(59)57-53(42-24-12-5-13-25-42,43-26-14-6-15-27-43)44-28-16-7-17-29-44/h3-17,20-29,31,33,39,45-47H,18-19,30,32,34-38H2,1-2H3,(H,54,61)(H,55,62)(H,56,63)(H,57,59)/b33-31+/t45-,46-,47-/m0/s1. The van der Waals surface area contributed by atoms with E-state index in [1.54, 1.807) is 11.0 Å². The van der Waals surface area contributed by atoms with Gasteiger partial charge in [0.25, 0.3) is 0 Å². The van der Waals surface area contributed by atoms with Crippen molar-refractivity contribution in [1.82, 2.24) is 26.2 Å². The van der Waals surface area contributed by atoms with Crippen LogP contribution in [-0.2, 0) is 42.5 Å². The third-order valence-corrected chi connectivity index (χ3v) is 11.3. The van der Waals surface area contributed by atoms with Crippen molar-refractivity contribution < 1.29 is 28.7 Å². The van der Waals surface area contributed by atoms with Crippen molar-refractivity contribution in [2.45, 2.75) is 82.6 Å². The van der Waals surface area contributed by atoms with Gasteiger partial charge in [-0.2, -0.15) is 0 Å². The third kappa shape index (κ3) is 13.2. The Morgan fingerprint density at radius 3 is 1.62 bits per heavy atom. The van der Waals surface area contributed by atoms with Gasteiger partial charge in [0.2, 0.25) is 23.6 Å². The maximum atomic E-state index is 14.5. The van der Waals surface area contributed by atoms with E-state index >= 15 is 0 Å². The Balaban J connectivity index is 1.23. The molecule has 1 saturated heterocycles. The fourth-order valence-corrected chi connectivity index (χ4v) is 8.02. The van der Waals surface area contributed by atoms with Gasteiger partial charge in [0.1, 0.15) is 24.2 Å². The van der Waals surface area contributed by atoms with Gasteiger partial charge in [0, 0.05) is 38.0 Å². The predicted molar refractivity (Wildman–Crippen MR) is 249 cm³/mol. The van der Waals surface area contributed by atoms with Gasteiger partial charge >= 0.3 is 6.09 Å². The topological polar surface area (TPSA) is 146 Å². The lowest BCUT2D eigenvalue weighted by Gasteiger charge is -2.37. The second-order valence-corrected chi connectivity index (χ2v) is 16.6. The fourth-order valence-electron chi connectivity index (χ4n) is 8.02. The summed E-state index contributed by atoms with van der Waals surface area (Å²) in [5.74, 6) is -1.48. The summed E-state index contributed by atoms with van der Waals surface area (Å²) in [5, 5.41) is 12.1. The van der Waals surface area contributed by atoms with Crippen LogP contribution in [0.25, 0.3) is 0 Å². The van der Waals surface area contributed by atoms with Crippen molar-refractivity contribution in [3.05, 3.63) is 192 Å². The Kier molecular flexibility index (Phi) is 17.0. The molecule has 11 nitrogen and oxygen atoms in total. The van der Waals surface area contributed by atoms with Crippen LogP contribution in [0.5, 0.6) is 0 Å². The molecule has 4 N–H and O–H groups in total. The molecule has 11 heteroatoms. The van der Waals surface area contributed by atoms with Crippen LogP contribution < -0.4 is 21.3 Å². The van der Waals surface area contributed by atoms with Crippen LogP contribution in [0.4, 0.5) is 4.79 Å². The summed E-state index contributed by atoms with van der Waals surface area (Å²) >= 11 is 0. The molecule has 0 spiro atoms. The van der Waals surface area contributed by atoms with E-state index in [9.17, 15) is 24.0 Å². The molecule has 0 saturated carbocycles. The zero-order valence-electron chi connectivity index (χ0n) is 36.7. The van der Waals surface area contributed by atoms with Crippen LogP contribution >= 0.6 is 0 Å². The first-order valence-electron chi connectivity index (χ1n) is 22.2. The molecule has 332 valence electrons. The smallest absolute Gasteiger partial charge is 0.408 e. The van der Waals surface area contributed by atoms with Crippen LogP contribution in [0.2, 0.25) is 0 Å². The minimum Gasteiger partial charge on any atom is -0.445 e. The van der Waals surface area contributed by atoms with E-state index in [1.807, 2.05) is 166 Å². The number of amides is 5. The van der Waals surface area contributed by atoms with Gasteiger partial charge in [-0.25, -0.2) is 4.79 Å². The summed E-state index contributed by atoms with van der Waals surface area (Å²) in [5.41, 5.74) is 3.17. The Morgan fingerprint density at radius 2 is 1.11 bits per heavy atom.